The first-order valence-corrected chi connectivity index (χ1v) is 6.91. The minimum absolute atomic E-state index is 0.0244. The summed E-state index contributed by atoms with van der Waals surface area (Å²) in [5.74, 6) is 1.45. The topological polar surface area (TPSA) is 94.1 Å². The highest BCUT2D eigenvalue weighted by atomic mass is 16.5. The number of aryl methyl sites for hydroxylation is 1. The van der Waals surface area contributed by atoms with E-state index in [1.807, 2.05) is 6.08 Å². The maximum absolute atomic E-state index is 12.0. The molecule has 7 heteroatoms. The molecule has 0 saturated heterocycles. The van der Waals surface area contributed by atoms with Gasteiger partial charge in [0.25, 0.3) is 0 Å². The Bertz CT molecular complexity index is 659. The van der Waals surface area contributed by atoms with Gasteiger partial charge in [-0.2, -0.15) is 4.98 Å². The zero-order valence-corrected chi connectivity index (χ0v) is 11.7. The van der Waals surface area contributed by atoms with Crippen LogP contribution in [0.1, 0.15) is 30.9 Å². The fraction of sp³-hybridized carbons (Fsp3) is 0.429. The molecular weight excluding hydrogens is 272 g/mol. The summed E-state index contributed by atoms with van der Waals surface area (Å²) in [5.41, 5.74) is 0.520. The van der Waals surface area contributed by atoms with Crippen LogP contribution >= 0.6 is 0 Å². The minimum Gasteiger partial charge on any atom is -0.361 e. The Labute approximate surface area is 121 Å². The first-order chi connectivity index (χ1) is 10.2. The fourth-order valence-electron chi connectivity index (χ4n) is 2.24. The molecule has 0 spiro atoms. The Balaban J connectivity index is 1.57. The molecule has 0 aromatic carbocycles. The zero-order valence-electron chi connectivity index (χ0n) is 11.7. The summed E-state index contributed by atoms with van der Waals surface area (Å²) in [6, 6.07) is 1.72. The molecular formula is C14H16N4O3. The number of nitrogens with zero attached hydrogens (tertiary/aromatic N) is 3. The average Bonchev–Trinajstić information content (AvgIpc) is 3.14. The van der Waals surface area contributed by atoms with Crippen LogP contribution in [-0.4, -0.2) is 21.2 Å². The summed E-state index contributed by atoms with van der Waals surface area (Å²) in [6.07, 6.45) is 6.78. The number of allylic oxidation sites excluding steroid dienone is 2. The number of hydrogen-bond donors (Lipinski definition) is 1. The highest BCUT2D eigenvalue weighted by Gasteiger charge is 2.19. The van der Waals surface area contributed by atoms with Crippen molar-refractivity contribution in [3.63, 3.8) is 0 Å². The molecule has 21 heavy (non-hydrogen) atoms. The summed E-state index contributed by atoms with van der Waals surface area (Å²) in [6.45, 7) is 2.01. The van der Waals surface area contributed by atoms with Crippen molar-refractivity contribution < 1.29 is 13.8 Å². The second-order valence-electron chi connectivity index (χ2n) is 5.03. The molecule has 2 heterocycles. The molecule has 0 aliphatic heterocycles. The molecule has 2 aromatic heterocycles. The Kier molecular flexibility index (Phi) is 3.81. The molecule has 7 nitrogen and oxygen atoms in total. The van der Waals surface area contributed by atoms with Gasteiger partial charge in [-0.1, -0.05) is 22.5 Å². The number of hydrogen-bond acceptors (Lipinski definition) is 6. The molecule has 1 N–H and O–H groups in total. The Morgan fingerprint density at radius 3 is 3.00 bits per heavy atom. The zero-order chi connectivity index (χ0) is 14.7. The van der Waals surface area contributed by atoms with Crippen molar-refractivity contribution in [2.24, 2.45) is 5.92 Å². The summed E-state index contributed by atoms with van der Waals surface area (Å²) in [5, 5.41) is 10.5. The molecule has 3 rings (SSSR count). The summed E-state index contributed by atoms with van der Waals surface area (Å²) in [7, 11) is 0. The van der Waals surface area contributed by atoms with Crippen LogP contribution in [0.2, 0.25) is 0 Å². The van der Waals surface area contributed by atoms with E-state index >= 15 is 0 Å². The van der Waals surface area contributed by atoms with Crippen LogP contribution in [0, 0.1) is 12.8 Å². The Morgan fingerprint density at radius 1 is 1.38 bits per heavy atom. The van der Waals surface area contributed by atoms with Gasteiger partial charge in [0.1, 0.15) is 5.76 Å². The maximum Gasteiger partial charge on any atom is 0.246 e. The smallest absolute Gasteiger partial charge is 0.246 e. The van der Waals surface area contributed by atoms with Gasteiger partial charge in [-0.25, -0.2) is 0 Å². The van der Waals surface area contributed by atoms with Crippen molar-refractivity contribution in [1.29, 1.82) is 0 Å². The highest BCUT2D eigenvalue weighted by Crippen LogP contribution is 2.18. The van der Waals surface area contributed by atoms with Gasteiger partial charge in [-0.15, -0.1) is 0 Å². The lowest BCUT2D eigenvalue weighted by Crippen LogP contribution is -2.30. The van der Waals surface area contributed by atoms with Crippen LogP contribution < -0.4 is 5.32 Å². The molecule has 0 fully saturated rings. The molecule has 1 aliphatic carbocycles. The highest BCUT2D eigenvalue weighted by molar-refractivity contribution is 5.78. The molecule has 0 bridgehead atoms. The molecule has 0 saturated carbocycles. The van der Waals surface area contributed by atoms with Gasteiger partial charge in [0.05, 0.1) is 6.54 Å². The Morgan fingerprint density at radius 2 is 2.29 bits per heavy atom. The second kappa shape index (κ2) is 5.90. The number of nitrogens with one attached hydrogen (secondary N) is 1. The van der Waals surface area contributed by atoms with Crippen LogP contribution in [0.3, 0.4) is 0 Å². The molecule has 1 atom stereocenters. The summed E-state index contributed by atoms with van der Waals surface area (Å²) < 4.78 is 10.1. The van der Waals surface area contributed by atoms with E-state index in [2.05, 4.69) is 26.7 Å². The first kappa shape index (κ1) is 13.5. The van der Waals surface area contributed by atoms with Crippen molar-refractivity contribution in [3.8, 4) is 11.5 Å². The number of rotatable bonds is 4. The third-order valence-electron chi connectivity index (χ3n) is 3.38. The van der Waals surface area contributed by atoms with Crippen molar-refractivity contribution in [3.05, 3.63) is 29.9 Å². The van der Waals surface area contributed by atoms with Crippen LogP contribution in [0.5, 0.6) is 0 Å². The van der Waals surface area contributed by atoms with E-state index in [9.17, 15) is 4.79 Å². The van der Waals surface area contributed by atoms with E-state index in [0.717, 1.165) is 19.3 Å². The van der Waals surface area contributed by atoms with Crippen LogP contribution in [0.25, 0.3) is 11.5 Å². The average molecular weight is 288 g/mol. The van der Waals surface area contributed by atoms with Crippen LogP contribution in [-0.2, 0) is 11.3 Å². The molecule has 1 amide bonds. The summed E-state index contributed by atoms with van der Waals surface area (Å²) in [4.78, 5) is 16.2. The van der Waals surface area contributed by atoms with Gasteiger partial charge in [-0.05, 0) is 26.2 Å². The van der Waals surface area contributed by atoms with Gasteiger partial charge in [0, 0.05) is 12.0 Å². The van der Waals surface area contributed by atoms with E-state index in [1.54, 1.807) is 13.0 Å². The van der Waals surface area contributed by atoms with Crippen LogP contribution in [0.15, 0.2) is 27.3 Å². The van der Waals surface area contributed by atoms with E-state index in [-0.39, 0.29) is 18.4 Å². The van der Waals surface area contributed by atoms with Gasteiger partial charge in [0.15, 0.2) is 5.69 Å². The number of carbonyl (C=O) groups excluding carboxylic acids is 1. The second-order valence-corrected chi connectivity index (χ2v) is 5.03. The van der Waals surface area contributed by atoms with Gasteiger partial charge in [-0.3, -0.25) is 4.79 Å². The molecule has 110 valence electrons. The van der Waals surface area contributed by atoms with Crippen molar-refractivity contribution in [2.75, 3.05) is 0 Å². The molecule has 1 aliphatic rings. The standard InChI is InChI=1S/C14H16N4O3/c1-9-7-11(17-20-9)13-16-12(21-18-13)8-15-14(19)10-5-3-2-4-6-10/h2-3,7,10H,4-6,8H2,1H3,(H,15,19)/t10-/m1/s1. The molecule has 0 unspecified atom stereocenters. The van der Waals surface area contributed by atoms with E-state index in [0.29, 0.717) is 23.2 Å². The lowest BCUT2D eigenvalue weighted by Gasteiger charge is -2.16. The molecule has 2 aromatic rings. The SMILES string of the molecule is Cc1cc(-c2noc(CNC(=O)[C@@H]3CC=CCC3)n2)no1. The quantitative estimate of drug-likeness (QED) is 0.865. The van der Waals surface area contributed by atoms with Gasteiger partial charge < -0.3 is 14.4 Å². The van der Waals surface area contributed by atoms with Crippen molar-refractivity contribution in [1.82, 2.24) is 20.6 Å². The lowest BCUT2D eigenvalue weighted by molar-refractivity contribution is -0.125. The lowest BCUT2D eigenvalue weighted by atomic mass is 9.94. The predicted molar refractivity (Wildman–Crippen MR) is 72.9 cm³/mol. The fourth-order valence-corrected chi connectivity index (χ4v) is 2.24. The Hall–Kier alpha value is -2.44. The number of amides is 1. The van der Waals surface area contributed by atoms with Gasteiger partial charge in [0.2, 0.25) is 17.6 Å². The van der Waals surface area contributed by atoms with Crippen LogP contribution in [0.4, 0.5) is 0 Å². The minimum atomic E-state index is 0.0244. The maximum atomic E-state index is 12.0. The number of carbonyl (C=O) groups is 1. The third kappa shape index (κ3) is 3.18. The monoisotopic (exact) mass is 288 g/mol. The number of aromatic nitrogens is 3. The van der Waals surface area contributed by atoms with Crippen molar-refractivity contribution >= 4 is 5.91 Å². The van der Waals surface area contributed by atoms with Crippen molar-refractivity contribution in [2.45, 2.75) is 32.7 Å². The van der Waals surface area contributed by atoms with E-state index < -0.39 is 0 Å². The first-order valence-electron chi connectivity index (χ1n) is 6.91. The van der Waals surface area contributed by atoms with E-state index in [4.69, 9.17) is 9.05 Å². The predicted octanol–water partition coefficient (Wildman–Crippen LogP) is 2.01. The van der Waals surface area contributed by atoms with Gasteiger partial charge >= 0.3 is 0 Å². The molecule has 0 radical (unpaired) electrons. The summed E-state index contributed by atoms with van der Waals surface area (Å²) >= 11 is 0. The van der Waals surface area contributed by atoms with E-state index in [1.165, 1.54) is 0 Å². The normalized spacial score (nSPS) is 17.9. The third-order valence-corrected chi connectivity index (χ3v) is 3.38. The largest absolute Gasteiger partial charge is 0.361 e.